The van der Waals surface area contributed by atoms with Crippen LogP contribution in [0.4, 0.5) is 23.3 Å². The lowest BCUT2D eigenvalue weighted by Crippen LogP contribution is -2.03. The molecule has 5 N–H and O–H groups in total. The van der Waals surface area contributed by atoms with Gasteiger partial charge < -0.3 is 16.8 Å². The van der Waals surface area contributed by atoms with Gasteiger partial charge in [0.15, 0.2) is 0 Å². The van der Waals surface area contributed by atoms with Crippen LogP contribution in [-0.4, -0.2) is 9.97 Å². The minimum Gasteiger partial charge on any atom is -0.383 e. The van der Waals surface area contributed by atoms with Crippen molar-refractivity contribution in [3.05, 3.63) is 33.3 Å². The van der Waals surface area contributed by atoms with Crippen LogP contribution in [0.5, 0.6) is 0 Å². The van der Waals surface area contributed by atoms with E-state index in [0.717, 1.165) is 0 Å². The summed E-state index contributed by atoms with van der Waals surface area (Å²) in [5, 5.41) is 4.08. The zero-order chi connectivity index (χ0) is 13.3. The van der Waals surface area contributed by atoms with Crippen LogP contribution in [0.2, 0.25) is 15.1 Å². The summed E-state index contributed by atoms with van der Waals surface area (Å²) in [7, 11) is 0. The number of rotatable bonds is 2. The number of nitrogens with one attached hydrogen (secondary N) is 1. The molecule has 0 aliphatic carbocycles. The highest BCUT2D eigenvalue weighted by Gasteiger charge is 2.08. The van der Waals surface area contributed by atoms with Gasteiger partial charge in [-0.3, -0.25) is 0 Å². The molecule has 0 atom stereocenters. The molecule has 0 radical (unpaired) electrons. The number of hydrogen-bond acceptors (Lipinski definition) is 5. The van der Waals surface area contributed by atoms with Crippen molar-refractivity contribution in [2.45, 2.75) is 0 Å². The summed E-state index contributed by atoms with van der Waals surface area (Å²) in [4.78, 5) is 7.72. The average Bonchev–Trinajstić information content (AvgIpc) is 2.24. The SMILES string of the molecule is Nc1cc(Nc2cc(Cl)c(Cl)cc2Cl)nc(N)n1. The van der Waals surface area contributed by atoms with E-state index >= 15 is 0 Å². The minimum absolute atomic E-state index is 0.0636. The van der Waals surface area contributed by atoms with Crippen molar-refractivity contribution in [3.8, 4) is 0 Å². The highest BCUT2D eigenvalue weighted by Crippen LogP contribution is 2.33. The predicted molar refractivity (Wildman–Crippen MR) is 75.6 cm³/mol. The van der Waals surface area contributed by atoms with Gasteiger partial charge in [-0.05, 0) is 12.1 Å². The smallest absolute Gasteiger partial charge is 0.223 e. The number of halogens is 3. The molecule has 1 aromatic heterocycles. The van der Waals surface area contributed by atoms with E-state index in [-0.39, 0.29) is 11.8 Å². The van der Waals surface area contributed by atoms with Crippen molar-refractivity contribution < 1.29 is 0 Å². The van der Waals surface area contributed by atoms with Crippen LogP contribution in [0.1, 0.15) is 0 Å². The van der Waals surface area contributed by atoms with Gasteiger partial charge >= 0.3 is 0 Å². The molecule has 2 aromatic rings. The van der Waals surface area contributed by atoms with Gasteiger partial charge in [-0.25, -0.2) is 0 Å². The van der Waals surface area contributed by atoms with Crippen molar-refractivity contribution in [1.29, 1.82) is 0 Å². The monoisotopic (exact) mass is 303 g/mol. The Bertz CT molecular complexity index is 582. The quantitative estimate of drug-likeness (QED) is 0.740. The third-order valence-corrected chi connectivity index (χ3v) is 3.07. The number of aromatic nitrogens is 2. The second kappa shape index (κ2) is 5.06. The Balaban J connectivity index is 2.36. The van der Waals surface area contributed by atoms with E-state index in [0.29, 0.717) is 26.6 Å². The summed E-state index contributed by atoms with van der Waals surface area (Å²) in [6, 6.07) is 4.64. The third kappa shape index (κ3) is 2.87. The van der Waals surface area contributed by atoms with Crippen LogP contribution in [0.25, 0.3) is 0 Å². The Morgan fingerprint density at radius 1 is 0.889 bits per heavy atom. The first-order chi connectivity index (χ1) is 8.45. The van der Waals surface area contributed by atoms with E-state index in [1.54, 1.807) is 6.07 Å². The maximum absolute atomic E-state index is 6.02. The molecule has 18 heavy (non-hydrogen) atoms. The molecule has 5 nitrogen and oxygen atoms in total. The maximum Gasteiger partial charge on any atom is 0.223 e. The molecule has 0 amide bonds. The zero-order valence-corrected chi connectivity index (χ0v) is 11.2. The molecule has 0 unspecified atom stereocenters. The van der Waals surface area contributed by atoms with Crippen molar-refractivity contribution in [2.75, 3.05) is 16.8 Å². The summed E-state index contributed by atoms with van der Waals surface area (Å²) < 4.78 is 0. The van der Waals surface area contributed by atoms with Crippen molar-refractivity contribution in [2.24, 2.45) is 0 Å². The van der Waals surface area contributed by atoms with E-state index in [1.165, 1.54) is 12.1 Å². The van der Waals surface area contributed by atoms with Gasteiger partial charge in [0.1, 0.15) is 11.6 Å². The molecular formula is C10H8Cl3N5. The van der Waals surface area contributed by atoms with Crippen LogP contribution >= 0.6 is 34.8 Å². The minimum atomic E-state index is 0.0636. The highest BCUT2D eigenvalue weighted by atomic mass is 35.5. The summed E-state index contributed by atoms with van der Waals surface area (Å²) in [5.41, 5.74) is 11.6. The number of benzene rings is 1. The lowest BCUT2D eigenvalue weighted by Gasteiger charge is -2.09. The first-order valence-corrected chi connectivity index (χ1v) is 5.90. The largest absolute Gasteiger partial charge is 0.383 e. The number of nitrogens with zero attached hydrogens (tertiary/aromatic N) is 2. The molecule has 0 spiro atoms. The molecule has 8 heteroatoms. The molecule has 1 aromatic carbocycles. The van der Waals surface area contributed by atoms with Gasteiger partial charge in [-0.2, -0.15) is 9.97 Å². The van der Waals surface area contributed by atoms with E-state index in [2.05, 4.69) is 15.3 Å². The van der Waals surface area contributed by atoms with Gasteiger partial charge in [0, 0.05) is 6.07 Å². The molecule has 0 aliphatic heterocycles. The number of nitrogens with two attached hydrogens (primary N) is 2. The van der Waals surface area contributed by atoms with Crippen molar-refractivity contribution in [1.82, 2.24) is 9.97 Å². The average molecular weight is 305 g/mol. The normalized spacial score (nSPS) is 10.4. The zero-order valence-electron chi connectivity index (χ0n) is 8.92. The Morgan fingerprint density at radius 2 is 1.56 bits per heavy atom. The highest BCUT2D eigenvalue weighted by molar-refractivity contribution is 6.44. The molecular weight excluding hydrogens is 297 g/mol. The third-order valence-electron chi connectivity index (χ3n) is 2.04. The van der Waals surface area contributed by atoms with Crippen LogP contribution in [0.3, 0.4) is 0 Å². The lowest BCUT2D eigenvalue weighted by atomic mass is 10.3. The fourth-order valence-corrected chi connectivity index (χ4v) is 1.90. The molecule has 0 saturated heterocycles. The van der Waals surface area contributed by atoms with Crippen LogP contribution in [0.15, 0.2) is 18.2 Å². The molecule has 0 fully saturated rings. The Hall–Kier alpha value is -1.43. The number of nitrogen functional groups attached to an aromatic ring is 2. The fourth-order valence-electron chi connectivity index (χ4n) is 1.31. The summed E-state index contributed by atoms with van der Waals surface area (Å²) in [5.74, 6) is 0.732. The standard InChI is InChI=1S/C10H8Cl3N5/c11-4-1-6(13)7(2-5(4)12)16-9-3-8(14)17-10(15)18-9/h1-3H,(H5,14,15,16,17,18). The Labute approximate surface area is 118 Å². The summed E-state index contributed by atoms with van der Waals surface area (Å²) >= 11 is 17.8. The Morgan fingerprint density at radius 3 is 2.22 bits per heavy atom. The molecule has 94 valence electrons. The van der Waals surface area contributed by atoms with Gasteiger partial charge in [-0.15, -0.1) is 0 Å². The molecule has 0 saturated carbocycles. The molecule has 0 bridgehead atoms. The van der Waals surface area contributed by atoms with Gasteiger partial charge in [-0.1, -0.05) is 34.8 Å². The first-order valence-electron chi connectivity index (χ1n) is 4.77. The van der Waals surface area contributed by atoms with E-state index in [9.17, 15) is 0 Å². The topological polar surface area (TPSA) is 89.8 Å². The van der Waals surface area contributed by atoms with Gasteiger partial charge in [0.05, 0.1) is 20.8 Å². The Kier molecular flexibility index (Phi) is 3.65. The van der Waals surface area contributed by atoms with Crippen LogP contribution in [-0.2, 0) is 0 Å². The van der Waals surface area contributed by atoms with E-state index in [1.807, 2.05) is 0 Å². The van der Waals surface area contributed by atoms with E-state index in [4.69, 9.17) is 46.3 Å². The van der Waals surface area contributed by atoms with Gasteiger partial charge in [0.2, 0.25) is 5.95 Å². The lowest BCUT2D eigenvalue weighted by molar-refractivity contribution is 1.19. The van der Waals surface area contributed by atoms with Crippen molar-refractivity contribution >= 4 is 58.1 Å². The summed E-state index contributed by atoms with van der Waals surface area (Å²) in [6.07, 6.45) is 0. The predicted octanol–water partition coefficient (Wildman–Crippen LogP) is 3.34. The summed E-state index contributed by atoms with van der Waals surface area (Å²) in [6.45, 7) is 0. The first kappa shape index (κ1) is 13.0. The fraction of sp³-hybridized carbons (Fsp3) is 0. The maximum atomic E-state index is 6.02. The van der Waals surface area contributed by atoms with Crippen LogP contribution in [0, 0.1) is 0 Å². The van der Waals surface area contributed by atoms with Crippen LogP contribution < -0.4 is 16.8 Å². The second-order valence-corrected chi connectivity index (χ2v) is 4.63. The number of hydrogen-bond donors (Lipinski definition) is 3. The van der Waals surface area contributed by atoms with E-state index < -0.39 is 0 Å². The van der Waals surface area contributed by atoms with Gasteiger partial charge in [0.25, 0.3) is 0 Å². The molecule has 0 aliphatic rings. The molecule has 1 heterocycles. The molecule has 2 rings (SSSR count). The second-order valence-electron chi connectivity index (χ2n) is 3.41. The van der Waals surface area contributed by atoms with Crippen molar-refractivity contribution in [3.63, 3.8) is 0 Å². The number of anilines is 4.